The Bertz CT molecular complexity index is 1520. The van der Waals surface area contributed by atoms with Crippen LogP contribution in [0.4, 0.5) is 0 Å². The van der Waals surface area contributed by atoms with Gasteiger partial charge in [-0.3, -0.25) is 9.69 Å². The van der Waals surface area contributed by atoms with Crippen molar-refractivity contribution in [3.63, 3.8) is 0 Å². The Morgan fingerprint density at radius 1 is 1.24 bits per heavy atom. The second-order valence-corrected chi connectivity index (χ2v) is 11.4. The molecule has 216 valence electrons. The van der Waals surface area contributed by atoms with Crippen LogP contribution in [0.5, 0.6) is 5.75 Å². The normalized spacial score (nSPS) is 12.3. The number of ether oxygens (including phenoxy) is 1. The number of terminal acetylenes is 1. The first-order valence-corrected chi connectivity index (χ1v) is 14.7. The molecule has 0 radical (unpaired) electrons. The third-order valence-corrected chi connectivity index (χ3v) is 7.51. The van der Waals surface area contributed by atoms with E-state index < -0.39 is 5.66 Å². The van der Waals surface area contributed by atoms with Crippen LogP contribution < -0.4 is 21.8 Å². The topological polar surface area (TPSA) is 86.5 Å². The Morgan fingerprint density at radius 2 is 1.98 bits per heavy atom. The van der Waals surface area contributed by atoms with Crippen molar-refractivity contribution in [2.45, 2.75) is 45.4 Å². The molecule has 0 fully saturated rings. The molecule has 0 unspecified atom stereocenters. The second-order valence-electron chi connectivity index (χ2n) is 10.1. The van der Waals surface area contributed by atoms with Gasteiger partial charge in [-0.1, -0.05) is 65.2 Å². The van der Waals surface area contributed by atoms with Crippen LogP contribution in [0.15, 0.2) is 88.2 Å². The van der Waals surface area contributed by atoms with Gasteiger partial charge in [-0.05, 0) is 79.3 Å². The fraction of sp³-hybridized carbons (Fsp3) is 0.303. The number of halogens is 2. The number of nitrogens with two attached hydrogens (primary N) is 2. The minimum atomic E-state index is -0.795. The maximum atomic E-state index is 13.9. The van der Waals surface area contributed by atoms with Crippen LogP contribution in [0.3, 0.4) is 0 Å². The Kier molecular flexibility index (Phi) is 12.0. The van der Waals surface area contributed by atoms with Gasteiger partial charge in [-0.25, -0.2) is 0 Å². The first-order chi connectivity index (χ1) is 19.5. The Morgan fingerprint density at radius 3 is 2.63 bits per heavy atom. The number of hydrogen-bond acceptors (Lipinski definition) is 5. The number of rotatable bonds is 14. The first kappa shape index (κ1) is 32.4. The molecule has 0 spiro atoms. The van der Waals surface area contributed by atoms with E-state index in [9.17, 15) is 4.79 Å². The van der Waals surface area contributed by atoms with Gasteiger partial charge in [0.1, 0.15) is 12.4 Å². The van der Waals surface area contributed by atoms with Gasteiger partial charge in [-0.2, -0.15) is 0 Å². The Balaban J connectivity index is 1.91. The quantitative estimate of drug-likeness (QED) is 0.122. The van der Waals surface area contributed by atoms with Gasteiger partial charge in [0.15, 0.2) is 0 Å². The highest BCUT2D eigenvalue weighted by Gasteiger charge is 2.20. The van der Waals surface area contributed by atoms with Crippen LogP contribution >= 0.6 is 27.5 Å². The summed E-state index contributed by atoms with van der Waals surface area (Å²) in [6, 6.07) is 14.8. The van der Waals surface area contributed by atoms with Gasteiger partial charge in [0.25, 0.3) is 5.56 Å². The van der Waals surface area contributed by atoms with E-state index in [1.54, 1.807) is 4.57 Å². The Hall–Kier alpha value is -3.12. The van der Waals surface area contributed by atoms with Crippen LogP contribution in [-0.2, 0) is 13.1 Å². The van der Waals surface area contributed by atoms with Crippen LogP contribution in [0.25, 0.3) is 10.9 Å². The minimum absolute atomic E-state index is 0.102. The fourth-order valence-corrected chi connectivity index (χ4v) is 5.13. The highest BCUT2D eigenvalue weighted by atomic mass is 79.9. The number of pyridine rings is 1. The van der Waals surface area contributed by atoms with Crippen molar-refractivity contribution in [1.82, 2.24) is 9.47 Å². The molecule has 2 aromatic carbocycles. The van der Waals surface area contributed by atoms with E-state index in [-0.39, 0.29) is 5.56 Å². The molecular weight excluding hydrogens is 600 g/mol. The summed E-state index contributed by atoms with van der Waals surface area (Å²) >= 11 is 9.88. The summed E-state index contributed by atoms with van der Waals surface area (Å²) in [6.45, 7) is 10.3. The highest BCUT2D eigenvalue weighted by Crippen LogP contribution is 2.21. The predicted octanol–water partition coefficient (Wildman–Crippen LogP) is 6.34. The van der Waals surface area contributed by atoms with Crippen molar-refractivity contribution in [2.75, 3.05) is 19.7 Å². The van der Waals surface area contributed by atoms with Crippen LogP contribution in [0, 0.1) is 12.3 Å². The van der Waals surface area contributed by atoms with Gasteiger partial charge in [-0.15, -0.1) is 6.42 Å². The molecule has 0 atom stereocenters. The van der Waals surface area contributed by atoms with Crippen molar-refractivity contribution >= 4 is 38.4 Å². The lowest BCUT2D eigenvalue weighted by Gasteiger charge is -2.29. The molecule has 0 saturated heterocycles. The van der Waals surface area contributed by atoms with E-state index in [1.807, 2.05) is 80.6 Å². The molecule has 1 heterocycles. The molecule has 6 nitrogen and oxygen atoms in total. The first-order valence-electron chi connectivity index (χ1n) is 13.5. The largest absolute Gasteiger partial charge is 0.492 e. The maximum Gasteiger partial charge on any atom is 0.255 e. The van der Waals surface area contributed by atoms with Gasteiger partial charge < -0.3 is 20.8 Å². The van der Waals surface area contributed by atoms with Crippen molar-refractivity contribution < 1.29 is 4.74 Å². The lowest BCUT2D eigenvalue weighted by Crippen LogP contribution is -2.51. The van der Waals surface area contributed by atoms with Crippen molar-refractivity contribution in [2.24, 2.45) is 11.5 Å². The maximum absolute atomic E-state index is 13.9. The number of allylic oxidation sites excluding steroid dienone is 3. The fourth-order valence-electron chi connectivity index (χ4n) is 4.38. The zero-order valence-corrected chi connectivity index (χ0v) is 26.0. The summed E-state index contributed by atoms with van der Waals surface area (Å²) in [6.07, 6.45) is 12.5. The molecule has 3 aromatic rings. The summed E-state index contributed by atoms with van der Waals surface area (Å²) in [5.74, 6) is 3.27. The Labute approximate surface area is 256 Å². The monoisotopic (exact) mass is 636 g/mol. The van der Waals surface area contributed by atoms with Crippen LogP contribution in [0.1, 0.15) is 37.8 Å². The van der Waals surface area contributed by atoms with Gasteiger partial charge >= 0.3 is 0 Å². The average molecular weight is 638 g/mol. The van der Waals surface area contributed by atoms with Crippen molar-refractivity contribution in [1.29, 1.82) is 0 Å². The lowest BCUT2D eigenvalue weighted by atomic mass is 10.0. The van der Waals surface area contributed by atoms with E-state index in [4.69, 9.17) is 34.2 Å². The lowest BCUT2D eigenvalue weighted by molar-refractivity contribution is 0.245. The molecule has 0 aliphatic heterocycles. The molecule has 8 heteroatoms. The van der Waals surface area contributed by atoms with Crippen molar-refractivity contribution in [3.8, 4) is 18.1 Å². The molecule has 0 bridgehead atoms. The average Bonchev–Trinajstić information content (AvgIpc) is 2.94. The second kappa shape index (κ2) is 15.2. The van der Waals surface area contributed by atoms with E-state index in [1.165, 1.54) is 0 Å². The number of fused-ring (bicyclic) bond motifs is 1. The van der Waals surface area contributed by atoms with Gasteiger partial charge in [0.2, 0.25) is 0 Å². The van der Waals surface area contributed by atoms with E-state index in [2.05, 4.69) is 33.3 Å². The molecule has 1 aromatic heterocycles. The number of benzene rings is 2. The highest BCUT2D eigenvalue weighted by molar-refractivity contribution is 9.11. The standard InChI is InChI=1S/C33H38BrClN4O2/c1-5-8-28(34)19-24(4)22-38(16-15-33(36,37)7-3)23-27-20-26-11-12-29(35)21-31(26)39(32(27)40)17-18-41-30-13-9-25(6-2)10-14-30/h2,5,8-14,19-21H,4,7,15-18,22-23,36-37H2,1,3H3/b8-5-,28-19+. The third kappa shape index (κ3) is 9.74. The molecule has 41 heavy (non-hydrogen) atoms. The summed E-state index contributed by atoms with van der Waals surface area (Å²) in [5.41, 5.74) is 14.7. The number of hydrogen-bond donors (Lipinski definition) is 2. The van der Waals surface area contributed by atoms with E-state index in [0.29, 0.717) is 62.0 Å². The molecular formula is C33H38BrClN4O2. The zero-order valence-electron chi connectivity index (χ0n) is 23.7. The molecule has 0 aliphatic rings. The third-order valence-electron chi connectivity index (χ3n) is 6.78. The molecule has 0 saturated carbocycles. The molecule has 0 amide bonds. The van der Waals surface area contributed by atoms with Gasteiger partial charge in [0, 0.05) is 40.3 Å². The summed E-state index contributed by atoms with van der Waals surface area (Å²) < 4.78 is 8.58. The smallest absolute Gasteiger partial charge is 0.255 e. The predicted molar refractivity (Wildman–Crippen MR) is 175 cm³/mol. The summed E-state index contributed by atoms with van der Waals surface area (Å²) in [5, 5.41) is 1.47. The van der Waals surface area contributed by atoms with E-state index in [0.717, 1.165) is 26.5 Å². The summed E-state index contributed by atoms with van der Waals surface area (Å²) in [7, 11) is 0. The van der Waals surface area contributed by atoms with E-state index >= 15 is 0 Å². The van der Waals surface area contributed by atoms with Crippen molar-refractivity contribution in [3.05, 3.63) is 110 Å². The van der Waals surface area contributed by atoms with Crippen LogP contribution in [0.2, 0.25) is 5.02 Å². The SMILES string of the molecule is C#Cc1ccc(OCCn2c(=O)c(CN(CCC(N)(N)CC)CC(=C)/C=C(Br)\C=C/C)cc3ccc(Cl)cc32)cc1. The minimum Gasteiger partial charge on any atom is -0.492 e. The molecule has 3 rings (SSSR count). The molecule has 4 N–H and O–H groups in total. The summed E-state index contributed by atoms with van der Waals surface area (Å²) in [4.78, 5) is 16.0. The molecule has 0 aliphatic carbocycles. The number of nitrogens with zero attached hydrogens (tertiary/aromatic N) is 2. The van der Waals surface area contributed by atoms with Crippen LogP contribution in [-0.4, -0.2) is 34.8 Å². The number of aromatic nitrogens is 1. The van der Waals surface area contributed by atoms with Gasteiger partial charge in [0.05, 0.1) is 17.7 Å². The zero-order chi connectivity index (χ0) is 30.0.